The second-order valence-electron chi connectivity index (χ2n) is 5.16. The molecule has 0 unspecified atom stereocenters. The van der Waals surface area contributed by atoms with Crippen molar-refractivity contribution in [1.29, 1.82) is 5.26 Å². The number of aryl methyl sites for hydroxylation is 1. The van der Waals surface area contributed by atoms with Crippen molar-refractivity contribution in [1.82, 2.24) is 19.9 Å². The Morgan fingerprint density at radius 3 is 2.80 bits per heavy atom. The minimum absolute atomic E-state index is 0.0145. The minimum atomic E-state index is -0.749. The lowest BCUT2D eigenvalue weighted by molar-refractivity contribution is 0.0495. The highest BCUT2D eigenvalue weighted by atomic mass is 16.5. The molecule has 3 aromatic rings. The van der Waals surface area contributed by atoms with E-state index in [0.29, 0.717) is 11.2 Å². The van der Waals surface area contributed by atoms with E-state index in [1.165, 1.54) is 12.4 Å². The predicted octanol–water partition coefficient (Wildman–Crippen LogP) is 2.31. The number of aromatic nitrogens is 4. The summed E-state index contributed by atoms with van der Waals surface area (Å²) in [5.74, 6) is -0.955. The van der Waals surface area contributed by atoms with Crippen molar-refractivity contribution in [2.45, 2.75) is 6.92 Å². The molecule has 2 heterocycles. The van der Waals surface area contributed by atoms with Gasteiger partial charge in [0.05, 0.1) is 22.9 Å². The Balaban J connectivity index is 1.78. The van der Waals surface area contributed by atoms with E-state index in [-0.39, 0.29) is 17.1 Å². The number of nitriles is 1. The van der Waals surface area contributed by atoms with E-state index < -0.39 is 18.3 Å². The number of aromatic amines is 1. The largest absolute Gasteiger partial charge is 0.507 e. The van der Waals surface area contributed by atoms with E-state index in [0.717, 1.165) is 5.52 Å². The summed E-state index contributed by atoms with van der Waals surface area (Å²) in [4.78, 5) is 26.9. The van der Waals surface area contributed by atoms with Crippen LogP contribution < -0.4 is 0 Å². The molecule has 3 rings (SSSR count). The van der Waals surface area contributed by atoms with Gasteiger partial charge in [-0.05, 0) is 19.1 Å². The third-order valence-corrected chi connectivity index (χ3v) is 3.36. The number of esters is 1. The fourth-order valence-corrected chi connectivity index (χ4v) is 2.10. The lowest BCUT2D eigenvalue weighted by Crippen LogP contribution is -2.11. The van der Waals surface area contributed by atoms with Crippen molar-refractivity contribution in [3.8, 4) is 6.07 Å². The second kappa shape index (κ2) is 6.80. The Hall–Kier alpha value is -3.73. The lowest BCUT2D eigenvalue weighted by atomic mass is 10.2. The molecule has 0 spiro atoms. The van der Waals surface area contributed by atoms with Crippen molar-refractivity contribution in [2.24, 2.45) is 0 Å². The number of hydrogen-bond acceptors (Lipinski definition) is 7. The highest BCUT2D eigenvalue weighted by Crippen LogP contribution is 2.18. The number of hydrogen-bond donors (Lipinski definition) is 2. The molecule has 0 saturated heterocycles. The van der Waals surface area contributed by atoms with Crippen LogP contribution in [0, 0.1) is 18.3 Å². The van der Waals surface area contributed by atoms with Crippen LogP contribution in [0.15, 0.2) is 42.4 Å². The first kappa shape index (κ1) is 16.1. The van der Waals surface area contributed by atoms with Crippen molar-refractivity contribution in [3.63, 3.8) is 0 Å². The molecular formula is C17H13N5O3. The highest BCUT2D eigenvalue weighted by Gasteiger charge is 2.16. The van der Waals surface area contributed by atoms with Crippen LogP contribution in [-0.2, 0) is 4.74 Å². The molecule has 0 aliphatic heterocycles. The van der Waals surface area contributed by atoms with Gasteiger partial charge in [0.2, 0.25) is 0 Å². The van der Waals surface area contributed by atoms with E-state index in [1.54, 1.807) is 19.1 Å². The van der Waals surface area contributed by atoms with Crippen molar-refractivity contribution >= 4 is 22.6 Å². The maximum absolute atomic E-state index is 11.9. The number of aliphatic hydroxyl groups is 1. The van der Waals surface area contributed by atoms with E-state index in [2.05, 4.69) is 19.9 Å². The summed E-state index contributed by atoms with van der Waals surface area (Å²) in [5, 5.41) is 19.4. The number of carbonyl (C=O) groups excluding carboxylic acids is 1. The average molecular weight is 335 g/mol. The fraction of sp³-hybridized carbons (Fsp3) is 0.118. The first-order chi connectivity index (χ1) is 12.1. The number of nitrogens with one attached hydrogen (secondary N) is 1. The summed E-state index contributed by atoms with van der Waals surface area (Å²) in [5.41, 5.74) is 1.96. The molecule has 0 radical (unpaired) electrons. The van der Waals surface area contributed by atoms with Gasteiger partial charge in [0.15, 0.2) is 17.3 Å². The first-order valence-electron chi connectivity index (χ1n) is 7.31. The van der Waals surface area contributed by atoms with Crippen LogP contribution in [0.5, 0.6) is 0 Å². The van der Waals surface area contributed by atoms with E-state index in [9.17, 15) is 15.2 Å². The molecular weight excluding hydrogens is 322 g/mol. The number of aliphatic hydroxyl groups excluding tert-OH is 1. The second-order valence-corrected chi connectivity index (χ2v) is 5.16. The maximum atomic E-state index is 11.9. The standard InChI is InChI=1S/C17H13N5O3/c1-10-7-20-14(8-19-10)17(24)25-9-15(23)11(6-18)16-21-12-4-2-3-5-13(12)22-16/h2-5,7-8,23H,9H2,1H3,(H,21,22). The van der Waals surface area contributed by atoms with Gasteiger partial charge in [-0.1, -0.05) is 12.1 Å². The Kier molecular flexibility index (Phi) is 4.39. The van der Waals surface area contributed by atoms with Crippen LogP contribution in [0.4, 0.5) is 0 Å². The number of nitrogens with zero attached hydrogens (tertiary/aromatic N) is 4. The maximum Gasteiger partial charge on any atom is 0.358 e. The van der Waals surface area contributed by atoms with Crippen LogP contribution in [0.25, 0.3) is 16.6 Å². The average Bonchev–Trinajstić information content (AvgIpc) is 3.04. The monoisotopic (exact) mass is 335 g/mol. The van der Waals surface area contributed by atoms with Crippen LogP contribution in [0.2, 0.25) is 0 Å². The predicted molar refractivity (Wildman–Crippen MR) is 88.3 cm³/mol. The fourth-order valence-electron chi connectivity index (χ4n) is 2.10. The van der Waals surface area contributed by atoms with Gasteiger partial charge >= 0.3 is 5.97 Å². The summed E-state index contributed by atoms with van der Waals surface area (Å²) in [7, 11) is 0. The molecule has 2 aromatic heterocycles. The van der Waals surface area contributed by atoms with Crippen molar-refractivity contribution in [3.05, 3.63) is 59.6 Å². The zero-order valence-corrected chi connectivity index (χ0v) is 13.2. The molecule has 1 aromatic carbocycles. The molecule has 0 amide bonds. The van der Waals surface area contributed by atoms with Crippen LogP contribution in [-0.4, -0.2) is 37.6 Å². The molecule has 0 aliphatic carbocycles. The van der Waals surface area contributed by atoms with Gasteiger partial charge in [-0.15, -0.1) is 0 Å². The van der Waals surface area contributed by atoms with Gasteiger partial charge in [0.1, 0.15) is 18.2 Å². The molecule has 8 heteroatoms. The number of fused-ring (bicyclic) bond motifs is 1. The summed E-state index contributed by atoms with van der Waals surface area (Å²) in [6.07, 6.45) is 2.71. The minimum Gasteiger partial charge on any atom is -0.507 e. The number of benzene rings is 1. The van der Waals surface area contributed by atoms with Gasteiger partial charge in [0, 0.05) is 6.20 Å². The van der Waals surface area contributed by atoms with E-state index in [4.69, 9.17) is 4.74 Å². The van der Waals surface area contributed by atoms with Gasteiger partial charge in [-0.25, -0.2) is 14.8 Å². The number of allylic oxidation sites excluding steroid dienone is 1. The smallest absolute Gasteiger partial charge is 0.358 e. The van der Waals surface area contributed by atoms with Gasteiger partial charge in [-0.2, -0.15) is 5.26 Å². The number of rotatable bonds is 4. The SMILES string of the molecule is Cc1cnc(C(=O)OCC(O)=C(C#N)c2nc3ccccc3[nH]2)cn1. The topological polar surface area (TPSA) is 125 Å². The van der Waals surface area contributed by atoms with Gasteiger partial charge < -0.3 is 14.8 Å². The van der Waals surface area contributed by atoms with E-state index in [1.807, 2.05) is 18.2 Å². The van der Waals surface area contributed by atoms with Gasteiger partial charge in [0.25, 0.3) is 0 Å². The summed E-state index contributed by atoms with van der Waals surface area (Å²) < 4.78 is 4.97. The molecule has 0 saturated carbocycles. The zero-order chi connectivity index (χ0) is 17.8. The van der Waals surface area contributed by atoms with E-state index >= 15 is 0 Å². The molecule has 8 nitrogen and oxygen atoms in total. The van der Waals surface area contributed by atoms with Crippen LogP contribution >= 0.6 is 0 Å². The molecule has 0 aliphatic rings. The van der Waals surface area contributed by atoms with Crippen LogP contribution in [0.3, 0.4) is 0 Å². The Bertz CT molecular complexity index is 966. The number of carbonyl (C=O) groups is 1. The molecule has 25 heavy (non-hydrogen) atoms. The number of ether oxygens (including phenoxy) is 1. The van der Waals surface area contributed by atoms with Gasteiger partial charge in [-0.3, -0.25) is 4.98 Å². The molecule has 0 bridgehead atoms. The number of imidazole rings is 1. The summed E-state index contributed by atoms with van der Waals surface area (Å²) in [6, 6.07) is 9.08. The zero-order valence-electron chi connectivity index (χ0n) is 13.2. The molecule has 124 valence electrons. The Morgan fingerprint density at radius 2 is 2.12 bits per heavy atom. The summed E-state index contributed by atoms with van der Waals surface area (Å²) >= 11 is 0. The third-order valence-electron chi connectivity index (χ3n) is 3.36. The quantitative estimate of drug-likeness (QED) is 0.426. The third kappa shape index (κ3) is 3.45. The number of H-pyrrole nitrogens is 1. The normalized spacial score (nSPS) is 11.7. The Morgan fingerprint density at radius 1 is 1.32 bits per heavy atom. The summed E-state index contributed by atoms with van der Waals surface area (Å²) in [6.45, 7) is 1.26. The number of para-hydroxylation sites is 2. The highest BCUT2D eigenvalue weighted by molar-refractivity contribution is 5.87. The van der Waals surface area contributed by atoms with Crippen molar-refractivity contribution in [2.75, 3.05) is 6.61 Å². The lowest BCUT2D eigenvalue weighted by Gasteiger charge is -2.05. The Labute approximate surface area is 142 Å². The molecule has 2 N–H and O–H groups in total. The van der Waals surface area contributed by atoms with Crippen LogP contribution in [0.1, 0.15) is 22.0 Å². The first-order valence-corrected chi connectivity index (χ1v) is 7.31. The molecule has 0 fully saturated rings. The molecule has 0 atom stereocenters. The van der Waals surface area contributed by atoms with Crippen molar-refractivity contribution < 1.29 is 14.6 Å².